The van der Waals surface area contributed by atoms with Crippen LogP contribution in [0.25, 0.3) is 0 Å². The van der Waals surface area contributed by atoms with Gasteiger partial charge in [-0.3, -0.25) is 8.76 Å². The van der Waals surface area contributed by atoms with E-state index < -0.39 is 57.7 Å². The van der Waals surface area contributed by atoms with E-state index in [1.807, 2.05) is 0 Å². The van der Waals surface area contributed by atoms with Crippen molar-refractivity contribution in [3.05, 3.63) is 11.5 Å². The number of allylic oxidation sites excluding steroid dienone is 1. The van der Waals surface area contributed by atoms with Gasteiger partial charge in [-0.15, -0.1) is 0 Å². The summed E-state index contributed by atoms with van der Waals surface area (Å²) in [6, 6.07) is 0. The van der Waals surface area contributed by atoms with Gasteiger partial charge in [0.2, 0.25) is 0 Å². The molecule has 26 heavy (non-hydrogen) atoms. The molecule has 152 valence electrons. The highest BCUT2D eigenvalue weighted by Crippen LogP contribution is 2.30. The Kier molecular flexibility index (Phi) is 9.63. The minimum absolute atomic E-state index is 0.0292. The van der Waals surface area contributed by atoms with E-state index in [9.17, 15) is 27.9 Å². The molecule has 0 saturated carbocycles. The summed E-state index contributed by atoms with van der Waals surface area (Å²) in [4.78, 5) is 0. The fourth-order valence-electron chi connectivity index (χ4n) is 1.92. The Morgan fingerprint density at radius 3 is 2.50 bits per heavy atom. The van der Waals surface area contributed by atoms with Crippen LogP contribution in [0.5, 0.6) is 0 Å². The molecule has 0 aromatic heterocycles. The van der Waals surface area contributed by atoms with Crippen LogP contribution in [0.15, 0.2) is 16.6 Å². The molecule has 14 heteroatoms. The fraction of sp³-hybridized carbons (Fsp3) is 0.750. The van der Waals surface area contributed by atoms with Crippen LogP contribution >= 0.6 is 11.8 Å². The second-order valence-electron chi connectivity index (χ2n) is 5.21. The molecule has 1 rings (SSSR count). The van der Waals surface area contributed by atoms with Crippen LogP contribution in [-0.4, -0.2) is 85.4 Å². The summed E-state index contributed by atoms with van der Waals surface area (Å²) in [7, 11) is -6.03. The van der Waals surface area contributed by atoms with Crippen molar-refractivity contribution >= 4 is 38.0 Å². The number of hydrogen-bond acceptors (Lipinski definition) is 11. The molecule has 0 aromatic rings. The van der Waals surface area contributed by atoms with Gasteiger partial charge in [0.05, 0.1) is 6.61 Å². The van der Waals surface area contributed by atoms with Crippen molar-refractivity contribution < 1.29 is 46.6 Å². The number of aliphatic hydroxyl groups is 4. The van der Waals surface area contributed by atoms with Crippen LogP contribution in [0.3, 0.4) is 0 Å². The lowest BCUT2D eigenvalue weighted by atomic mass is 10.0. The first-order valence-corrected chi connectivity index (χ1v) is 11.1. The average molecular weight is 435 g/mol. The normalized spacial score (nSPS) is 31.9. The highest BCUT2D eigenvalue weighted by atomic mass is 32.3. The molecule has 11 nitrogen and oxygen atoms in total. The third kappa shape index (κ3) is 7.98. The molecule has 1 heterocycles. The summed E-state index contributed by atoms with van der Waals surface area (Å²) in [5.41, 5.74) is -1.20. The van der Waals surface area contributed by atoms with Crippen LogP contribution in [0.2, 0.25) is 0 Å². The molecule has 1 saturated heterocycles. The number of aliphatic hydroxyl groups excluding tert-OH is 4. The van der Waals surface area contributed by atoms with E-state index in [4.69, 9.17) is 14.4 Å². The van der Waals surface area contributed by atoms with Crippen molar-refractivity contribution in [1.82, 2.24) is 0 Å². The lowest BCUT2D eigenvalue weighted by Crippen LogP contribution is -2.57. The monoisotopic (exact) mass is 435 g/mol. The van der Waals surface area contributed by atoms with Gasteiger partial charge in [0.1, 0.15) is 34.9 Å². The Balaban J connectivity index is 2.87. The molecule has 6 unspecified atom stereocenters. The Labute approximate surface area is 157 Å². The predicted octanol–water partition coefficient (Wildman–Crippen LogP) is -1.68. The zero-order valence-corrected chi connectivity index (χ0v) is 16.1. The van der Waals surface area contributed by atoms with Crippen molar-refractivity contribution in [3.63, 3.8) is 0 Å². The standard InChI is InChI=1S/C12H21NO10S3/c1-25(18)5-3-2-4-8(13-23-26(19,20)21)24-12-11(17)10(16)9(15)7(6-14)22-12/h3,5,7,9-12,14-17H,2,4,6H2,1H3,(H,19,20,21)/b5-3+,13-8-. The van der Waals surface area contributed by atoms with Gasteiger partial charge < -0.3 is 25.2 Å². The topological polar surface area (TPSA) is 183 Å². The van der Waals surface area contributed by atoms with Gasteiger partial charge in [0.15, 0.2) is 0 Å². The largest absolute Gasteiger partial charge is 0.466 e. The van der Waals surface area contributed by atoms with E-state index in [2.05, 4.69) is 9.44 Å². The lowest BCUT2D eigenvalue weighted by molar-refractivity contribution is -0.205. The van der Waals surface area contributed by atoms with E-state index in [0.29, 0.717) is 11.8 Å². The first-order chi connectivity index (χ1) is 12.0. The van der Waals surface area contributed by atoms with Crippen LogP contribution in [0.1, 0.15) is 12.8 Å². The van der Waals surface area contributed by atoms with Gasteiger partial charge in [-0.05, 0) is 11.8 Å². The molecule has 6 atom stereocenters. The van der Waals surface area contributed by atoms with Gasteiger partial charge in [0, 0.05) is 23.5 Å². The summed E-state index contributed by atoms with van der Waals surface area (Å²) in [5, 5.41) is 43.3. The van der Waals surface area contributed by atoms with E-state index in [1.165, 1.54) is 11.7 Å². The second-order valence-corrected chi connectivity index (χ2v) is 8.66. The Bertz CT molecular complexity index is 635. The predicted molar refractivity (Wildman–Crippen MR) is 93.9 cm³/mol. The summed E-state index contributed by atoms with van der Waals surface area (Å²) < 4.78 is 50.2. The third-order valence-corrected chi connectivity index (χ3v) is 5.16. The molecule has 0 radical (unpaired) electrons. The molecule has 1 aliphatic rings. The van der Waals surface area contributed by atoms with Crippen molar-refractivity contribution in [2.45, 2.75) is 42.7 Å². The summed E-state index contributed by atoms with van der Waals surface area (Å²) in [5.74, 6) is 0. The van der Waals surface area contributed by atoms with Crippen LogP contribution in [0.4, 0.5) is 0 Å². The summed E-state index contributed by atoms with van der Waals surface area (Å²) in [6.07, 6.45) is -2.50. The molecule has 0 bridgehead atoms. The Hall–Kier alpha value is -0.580. The third-order valence-electron chi connectivity index (χ3n) is 3.15. The smallest absolute Gasteiger partial charge is 0.394 e. The quantitative estimate of drug-likeness (QED) is 0.127. The van der Waals surface area contributed by atoms with Crippen LogP contribution in [-0.2, 0) is 30.2 Å². The zero-order valence-electron chi connectivity index (χ0n) is 13.6. The molecule has 0 spiro atoms. The number of hydrogen-bond donors (Lipinski definition) is 5. The second kappa shape index (κ2) is 10.7. The molecular formula is C12H21NO10S3. The van der Waals surface area contributed by atoms with E-state index in [0.717, 1.165) is 0 Å². The van der Waals surface area contributed by atoms with Gasteiger partial charge in [-0.2, -0.15) is 8.42 Å². The van der Waals surface area contributed by atoms with Crippen molar-refractivity contribution in [1.29, 1.82) is 0 Å². The number of thioether (sulfide) groups is 1. The van der Waals surface area contributed by atoms with E-state index in [-0.39, 0.29) is 17.9 Å². The molecule has 5 N–H and O–H groups in total. The molecule has 1 fully saturated rings. The maximum atomic E-state index is 11.0. The number of nitrogens with zero attached hydrogens (tertiary/aromatic N) is 1. The first kappa shape index (κ1) is 23.5. The SMILES string of the molecule is CS(=O)/C=C/CC/C(=N/OS(=O)(=O)O)SC1OC(CO)C(O)C(O)C1O. The number of oxime groups is 1. The molecular weight excluding hydrogens is 414 g/mol. The molecule has 1 aliphatic heterocycles. The summed E-state index contributed by atoms with van der Waals surface area (Å²) in [6.45, 7) is -0.624. The van der Waals surface area contributed by atoms with Crippen molar-refractivity contribution in [2.75, 3.05) is 12.9 Å². The van der Waals surface area contributed by atoms with E-state index in [1.54, 1.807) is 6.08 Å². The van der Waals surface area contributed by atoms with Gasteiger partial charge in [0.25, 0.3) is 0 Å². The highest BCUT2D eigenvalue weighted by molar-refractivity contribution is 8.14. The molecule has 0 aliphatic carbocycles. The lowest BCUT2D eigenvalue weighted by Gasteiger charge is -2.39. The fourth-order valence-corrected chi connectivity index (χ4v) is 3.65. The Morgan fingerprint density at radius 1 is 1.31 bits per heavy atom. The maximum Gasteiger partial charge on any atom is 0.466 e. The molecule has 0 aromatic carbocycles. The minimum Gasteiger partial charge on any atom is -0.394 e. The van der Waals surface area contributed by atoms with E-state index >= 15 is 0 Å². The Morgan fingerprint density at radius 2 is 1.96 bits per heavy atom. The van der Waals surface area contributed by atoms with Crippen molar-refractivity contribution in [3.8, 4) is 0 Å². The summed E-state index contributed by atoms with van der Waals surface area (Å²) >= 11 is 0.683. The van der Waals surface area contributed by atoms with Gasteiger partial charge in [-0.25, -0.2) is 4.28 Å². The zero-order chi connectivity index (χ0) is 19.9. The average Bonchev–Trinajstić information content (AvgIpc) is 2.55. The van der Waals surface area contributed by atoms with Crippen LogP contribution in [0, 0.1) is 0 Å². The number of ether oxygens (including phenoxy) is 1. The molecule has 0 amide bonds. The highest BCUT2D eigenvalue weighted by Gasteiger charge is 2.44. The number of rotatable bonds is 8. The van der Waals surface area contributed by atoms with Crippen molar-refractivity contribution in [2.24, 2.45) is 5.16 Å². The van der Waals surface area contributed by atoms with Crippen LogP contribution < -0.4 is 0 Å². The minimum atomic E-state index is -4.85. The first-order valence-electron chi connectivity index (χ1n) is 7.24. The van der Waals surface area contributed by atoms with Gasteiger partial charge in [-0.1, -0.05) is 23.0 Å². The van der Waals surface area contributed by atoms with Gasteiger partial charge >= 0.3 is 10.4 Å². The maximum absolute atomic E-state index is 11.0.